The van der Waals surface area contributed by atoms with Crippen molar-refractivity contribution >= 4 is 17.7 Å². The molecule has 1 aromatic rings. The second kappa shape index (κ2) is 12.0. The Kier molecular flexibility index (Phi) is 9.52. The van der Waals surface area contributed by atoms with Crippen molar-refractivity contribution < 1.29 is 4.74 Å². The fourth-order valence-electron chi connectivity index (χ4n) is 2.89. The number of nitrogens with zero attached hydrogens (tertiary/aromatic N) is 2. The molecule has 1 N–H and O–H groups in total. The maximum absolute atomic E-state index is 5.92. The molecule has 0 saturated carbocycles. The molecule has 1 aliphatic rings. The molecule has 0 radical (unpaired) electrons. The monoisotopic (exact) mass is 361 g/mol. The van der Waals surface area contributed by atoms with Gasteiger partial charge < -0.3 is 15.0 Å². The standard InChI is InChI=1S/C20H31N3OS/c1-3-13-25-14-11-22-20(21-4-2)23-12-10-19(15-23)17-24-16-18-8-6-5-7-9-18/h3,5-9,19H,1,4,10-17H2,2H3,(H,21,22). The summed E-state index contributed by atoms with van der Waals surface area (Å²) in [4.78, 5) is 7.14. The summed E-state index contributed by atoms with van der Waals surface area (Å²) in [5.74, 6) is 3.67. The SMILES string of the molecule is C=CCSCCN=C(NCC)N1CCC(COCc2ccccc2)C1. The van der Waals surface area contributed by atoms with Crippen LogP contribution in [0.3, 0.4) is 0 Å². The first-order chi connectivity index (χ1) is 12.3. The molecule has 1 aliphatic heterocycles. The van der Waals surface area contributed by atoms with Crippen molar-refractivity contribution in [3.8, 4) is 0 Å². The minimum atomic E-state index is 0.586. The molecule has 1 heterocycles. The van der Waals surface area contributed by atoms with Gasteiger partial charge in [-0.25, -0.2) is 0 Å². The van der Waals surface area contributed by atoms with Crippen molar-refractivity contribution in [2.45, 2.75) is 20.0 Å². The predicted molar refractivity (Wildman–Crippen MR) is 109 cm³/mol. The minimum absolute atomic E-state index is 0.586. The lowest BCUT2D eigenvalue weighted by molar-refractivity contribution is 0.0907. The van der Waals surface area contributed by atoms with E-state index < -0.39 is 0 Å². The van der Waals surface area contributed by atoms with Crippen molar-refractivity contribution in [2.75, 3.05) is 44.3 Å². The van der Waals surface area contributed by atoms with Gasteiger partial charge in [-0.2, -0.15) is 11.8 Å². The average molecular weight is 362 g/mol. The first kappa shape index (κ1) is 19.9. The van der Waals surface area contributed by atoms with E-state index in [1.165, 1.54) is 12.0 Å². The number of ether oxygens (including phenoxy) is 1. The van der Waals surface area contributed by atoms with Crippen LogP contribution < -0.4 is 5.32 Å². The Morgan fingerprint density at radius 1 is 1.44 bits per heavy atom. The van der Waals surface area contributed by atoms with Crippen LogP contribution in [0, 0.1) is 5.92 Å². The summed E-state index contributed by atoms with van der Waals surface area (Å²) < 4.78 is 5.92. The molecule has 0 aliphatic carbocycles. The molecule has 2 rings (SSSR count). The average Bonchev–Trinajstić information content (AvgIpc) is 3.10. The summed E-state index contributed by atoms with van der Waals surface area (Å²) >= 11 is 1.87. The molecule has 4 nitrogen and oxygen atoms in total. The summed E-state index contributed by atoms with van der Waals surface area (Å²) in [6.07, 6.45) is 3.12. The number of nitrogens with one attached hydrogen (secondary N) is 1. The van der Waals surface area contributed by atoms with Crippen LogP contribution >= 0.6 is 11.8 Å². The van der Waals surface area contributed by atoms with Gasteiger partial charge in [-0.15, -0.1) is 6.58 Å². The third kappa shape index (κ3) is 7.53. The normalized spacial score (nSPS) is 17.7. The van der Waals surface area contributed by atoms with E-state index in [1.807, 2.05) is 23.9 Å². The Morgan fingerprint density at radius 2 is 2.28 bits per heavy atom. The van der Waals surface area contributed by atoms with Crippen LogP contribution in [-0.4, -0.2) is 55.2 Å². The van der Waals surface area contributed by atoms with E-state index in [1.54, 1.807) is 0 Å². The summed E-state index contributed by atoms with van der Waals surface area (Å²) in [5, 5.41) is 3.42. The van der Waals surface area contributed by atoms with E-state index >= 15 is 0 Å². The Hall–Kier alpha value is -1.46. The minimum Gasteiger partial charge on any atom is -0.376 e. The lowest BCUT2D eigenvalue weighted by atomic mass is 10.1. The van der Waals surface area contributed by atoms with Crippen LogP contribution in [0.1, 0.15) is 18.9 Å². The van der Waals surface area contributed by atoms with Crippen molar-refractivity contribution in [3.63, 3.8) is 0 Å². The van der Waals surface area contributed by atoms with Gasteiger partial charge in [-0.05, 0) is 18.9 Å². The number of rotatable bonds is 10. The van der Waals surface area contributed by atoms with Crippen LogP contribution in [-0.2, 0) is 11.3 Å². The Bertz CT molecular complexity index is 521. The highest BCUT2D eigenvalue weighted by Gasteiger charge is 2.24. The topological polar surface area (TPSA) is 36.9 Å². The number of hydrogen-bond donors (Lipinski definition) is 1. The lowest BCUT2D eigenvalue weighted by Gasteiger charge is -2.21. The van der Waals surface area contributed by atoms with Gasteiger partial charge >= 0.3 is 0 Å². The van der Waals surface area contributed by atoms with Crippen molar-refractivity contribution in [1.29, 1.82) is 0 Å². The number of thioether (sulfide) groups is 1. The summed E-state index contributed by atoms with van der Waals surface area (Å²) in [7, 11) is 0. The summed E-state index contributed by atoms with van der Waals surface area (Å²) in [6.45, 7) is 11.2. The zero-order valence-electron chi connectivity index (χ0n) is 15.3. The van der Waals surface area contributed by atoms with Crippen molar-refractivity contribution in [3.05, 3.63) is 48.6 Å². The van der Waals surface area contributed by atoms with E-state index in [-0.39, 0.29) is 0 Å². The zero-order chi connectivity index (χ0) is 17.7. The summed E-state index contributed by atoms with van der Waals surface area (Å²) in [6, 6.07) is 10.4. The second-order valence-corrected chi connectivity index (χ2v) is 7.35. The zero-order valence-corrected chi connectivity index (χ0v) is 16.1. The highest BCUT2D eigenvalue weighted by Crippen LogP contribution is 2.17. The largest absolute Gasteiger partial charge is 0.376 e. The molecule has 138 valence electrons. The number of benzene rings is 1. The van der Waals surface area contributed by atoms with Gasteiger partial charge in [0.05, 0.1) is 19.8 Å². The molecule has 1 saturated heterocycles. The first-order valence-corrected chi connectivity index (χ1v) is 10.3. The molecule has 1 atom stereocenters. The fraction of sp³-hybridized carbons (Fsp3) is 0.550. The van der Waals surface area contributed by atoms with Crippen LogP contribution in [0.4, 0.5) is 0 Å². The highest BCUT2D eigenvalue weighted by atomic mass is 32.2. The highest BCUT2D eigenvalue weighted by molar-refractivity contribution is 7.99. The molecule has 0 aromatic heterocycles. The molecule has 0 bridgehead atoms. The predicted octanol–water partition coefficient (Wildman–Crippen LogP) is 3.41. The van der Waals surface area contributed by atoms with Gasteiger partial charge in [-0.3, -0.25) is 4.99 Å². The first-order valence-electron chi connectivity index (χ1n) is 9.17. The second-order valence-electron chi connectivity index (χ2n) is 6.20. The van der Waals surface area contributed by atoms with Gasteiger partial charge in [-0.1, -0.05) is 36.4 Å². The number of likely N-dealkylation sites (tertiary alicyclic amines) is 1. The van der Waals surface area contributed by atoms with Crippen LogP contribution in [0.5, 0.6) is 0 Å². The van der Waals surface area contributed by atoms with Crippen molar-refractivity contribution in [2.24, 2.45) is 10.9 Å². The van der Waals surface area contributed by atoms with E-state index in [0.29, 0.717) is 12.5 Å². The van der Waals surface area contributed by atoms with E-state index in [4.69, 9.17) is 9.73 Å². The molecular formula is C20H31N3OS. The lowest BCUT2D eigenvalue weighted by Crippen LogP contribution is -2.40. The Balaban J connectivity index is 1.72. The third-order valence-corrected chi connectivity index (χ3v) is 5.06. The van der Waals surface area contributed by atoms with Crippen molar-refractivity contribution in [1.82, 2.24) is 10.2 Å². The fourth-order valence-corrected chi connectivity index (χ4v) is 3.44. The quantitative estimate of drug-likeness (QED) is 0.300. The molecule has 0 amide bonds. The molecule has 25 heavy (non-hydrogen) atoms. The smallest absolute Gasteiger partial charge is 0.193 e. The van der Waals surface area contributed by atoms with Gasteiger partial charge in [0.15, 0.2) is 5.96 Å². The third-order valence-electron chi connectivity index (χ3n) is 4.12. The van der Waals surface area contributed by atoms with Gasteiger partial charge in [0.25, 0.3) is 0 Å². The number of hydrogen-bond acceptors (Lipinski definition) is 3. The van der Waals surface area contributed by atoms with Crippen LogP contribution in [0.15, 0.2) is 48.0 Å². The molecule has 0 spiro atoms. The number of guanidine groups is 1. The van der Waals surface area contributed by atoms with E-state index in [2.05, 4.69) is 48.0 Å². The van der Waals surface area contributed by atoms with Gasteiger partial charge in [0.2, 0.25) is 0 Å². The molecule has 5 heteroatoms. The Labute approximate surface area is 156 Å². The van der Waals surface area contributed by atoms with Crippen LogP contribution in [0.25, 0.3) is 0 Å². The maximum Gasteiger partial charge on any atom is 0.193 e. The summed E-state index contributed by atoms with van der Waals surface area (Å²) in [5.41, 5.74) is 1.24. The number of aliphatic imine (C=N–C) groups is 1. The molecular weight excluding hydrogens is 330 g/mol. The van der Waals surface area contributed by atoms with E-state index in [0.717, 1.165) is 50.3 Å². The maximum atomic E-state index is 5.92. The van der Waals surface area contributed by atoms with E-state index in [9.17, 15) is 0 Å². The van der Waals surface area contributed by atoms with Gasteiger partial charge in [0, 0.05) is 37.1 Å². The molecule has 1 aromatic carbocycles. The molecule has 1 fully saturated rings. The van der Waals surface area contributed by atoms with Crippen LogP contribution in [0.2, 0.25) is 0 Å². The Morgan fingerprint density at radius 3 is 3.04 bits per heavy atom. The molecule has 1 unspecified atom stereocenters. The van der Waals surface area contributed by atoms with Gasteiger partial charge in [0.1, 0.15) is 0 Å².